The molecule has 3 rings (SSSR count). The van der Waals surface area contributed by atoms with Crippen LogP contribution < -0.4 is 5.32 Å². The molecule has 1 fully saturated rings. The maximum Gasteiger partial charge on any atom is 0.222 e. The summed E-state index contributed by atoms with van der Waals surface area (Å²) in [5.41, 5.74) is 1.09. The van der Waals surface area contributed by atoms with Crippen LogP contribution in [0.5, 0.6) is 0 Å². The van der Waals surface area contributed by atoms with Crippen LogP contribution in [-0.2, 0) is 11.2 Å². The number of aromatic nitrogens is 1. The number of fused-ring (bicyclic) bond motifs is 1. The number of rotatable bonds is 5. The molecule has 1 amide bonds. The molecule has 1 aliphatic heterocycles. The third-order valence-corrected chi connectivity index (χ3v) is 5.16. The summed E-state index contributed by atoms with van der Waals surface area (Å²) in [7, 11) is 0. The van der Waals surface area contributed by atoms with Gasteiger partial charge in [0.15, 0.2) is 0 Å². The van der Waals surface area contributed by atoms with Crippen LogP contribution in [0.4, 0.5) is 0 Å². The Morgan fingerprint density at radius 1 is 1.17 bits per heavy atom. The molecular weight excluding hydrogens is 365 g/mol. The molecule has 0 saturated carbocycles. The second-order valence-electron chi connectivity index (χ2n) is 5.77. The molecule has 0 unspecified atom stereocenters. The van der Waals surface area contributed by atoms with Crippen LogP contribution in [0, 0.1) is 0 Å². The highest BCUT2D eigenvalue weighted by Crippen LogP contribution is 2.22. The highest BCUT2D eigenvalue weighted by atomic mass is 35.5. The van der Waals surface area contributed by atoms with E-state index in [1.165, 1.54) is 9.71 Å². The van der Waals surface area contributed by atoms with Crippen LogP contribution in [0.25, 0.3) is 10.2 Å². The van der Waals surface area contributed by atoms with E-state index in [9.17, 15) is 4.79 Å². The third-order valence-electron chi connectivity index (χ3n) is 4.06. The van der Waals surface area contributed by atoms with Crippen LogP contribution in [0.3, 0.4) is 0 Å². The van der Waals surface area contributed by atoms with Crippen molar-refractivity contribution in [2.45, 2.75) is 32.1 Å². The number of para-hydroxylation sites is 1. The Balaban J connectivity index is 0.00000144. The van der Waals surface area contributed by atoms with Gasteiger partial charge in [0.2, 0.25) is 5.91 Å². The maximum atomic E-state index is 12.2. The zero-order valence-electron chi connectivity index (χ0n) is 13.7. The van der Waals surface area contributed by atoms with Crippen molar-refractivity contribution < 1.29 is 4.79 Å². The Bertz CT molecular complexity index is 594. The quantitative estimate of drug-likeness (QED) is 0.793. The van der Waals surface area contributed by atoms with E-state index in [0.717, 1.165) is 57.4 Å². The van der Waals surface area contributed by atoms with E-state index in [4.69, 9.17) is 0 Å². The van der Waals surface area contributed by atoms with E-state index in [1.54, 1.807) is 11.3 Å². The van der Waals surface area contributed by atoms with Gasteiger partial charge in [-0.15, -0.1) is 36.2 Å². The number of amides is 1. The minimum Gasteiger partial charge on any atom is -0.341 e. The van der Waals surface area contributed by atoms with Crippen molar-refractivity contribution in [1.82, 2.24) is 15.2 Å². The van der Waals surface area contributed by atoms with Crippen molar-refractivity contribution >= 4 is 52.3 Å². The zero-order valence-corrected chi connectivity index (χ0v) is 16.2. The molecule has 1 aliphatic rings. The van der Waals surface area contributed by atoms with Crippen LogP contribution in [0.1, 0.15) is 30.7 Å². The number of nitrogens with one attached hydrogen (secondary N) is 1. The molecule has 134 valence electrons. The lowest BCUT2D eigenvalue weighted by molar-refractivity contribution is -0.131. The molecule has 1 aromatic heterocycles. The van der Waals surface area contributed by atoms with Crippen LogP contribution >= 0.6 is 36.2 Å². The second-order valence-corrected chi connectivity index (χ2v) is 6.88. The minimum absolute atomic E-state index is 0. The van der Waals surface area contributed by atoms with Gasteiger partial charge in [-0.3, -0.25) is 4.79 Å². The molecular formula is C17H25Cl2N3OS. The molecule has 0 radical (unpaired) electrons. The summed E-state index contributed by atoms with van der Waals surface area (Å²) < 4.78 is 1.26. The first-order chi connectivity index (χ1) is 10.8. The van der Waals surface area contributed by atoms with E-state index < -0.39 is 0 Å². The smallest absolute Gasteiger partial charge is 0.222 e. The molecule has 2 aromatic rings. The molecule has 2 heterocycles. The average Bonchev–Trinajstić information content (AvgIpc) is 2.75. The fourth-order valence-electron chi connectivity index (χ4n) is 2.83. The van der Waals surface area contributed by atoms with E-state index in [0.29, 0.717) is 12.3 Å². The van der Waals surface area contributed by atoms with E-state index in [1.807, 2.05) is 11.0 Å². The Kier molecular flexibility index (Phi) is 9.59. The summed E-state index contributed by atoms with van der Waals surface area (Å²) in [6.45, 7) is 3.72. The Hall–Kier alpha value is -0.880. The van der Waals surface area contributed by atoms with Crippen LogP contribution in [0.15, 0.2) is 24.3 Å². The normalized spacial score (nSPS) is 14.6. The van der Waals surface area contributed by atoms with Crippen molar-refractivity contribution in [2.75, 3.05) is 26.2 Å². The lowest BCUT2D eigenvalue weighted by Crippen LogP contribution is -2.33. The van der Waals surface area contributed by atoms with Crippen molar-refractivity contribution in [3.05, 3.63) is 29.3 Å². The van der Waals surface area contributed by atoms with Gasteiger partial charge in [-0.05, 0) is 44.4 Å². The van der Waals surface area contributed by atoms with Gasteiger partial charge in [0.05, 0.1) is 15.2 Å². The number of benzene rings is 1. The number of aryl methyl sites for hydroxylation is 1. The second kappa shape index (κ2) is 10.9. The first kappa shape index (κ1) is 21.2. The van der Waals surface area contributed by atoms with Gasteiger partial charge in [-0.1, -0.05) is 12.1 Å². The zero-order chi connectivity index (χ0) is 15.2. The van der Waals surface area contributed by atoms with Gasteiger partial charge in [0, 0.05) is 26.1 Å². The van der Waals surface area contributed by atoms with Gasteiger partial charge in [-0.25, -0.2) is 4.98 Å². The van der Waals surface area contributed by atoms with Crippen LogP contribution in [-0.4, -0.2) is 42.0 Å². The summed E-state index contributed by atoms with van der Waals surface area (Å²) in [6, 6.07) is 8.26. The molecule has 1 aromatic carbocycles. The first-order valence-corrected chi connectivity index (χ1v) is 8.97. The minimum atomic E-state index is 0. The molecule has 7 heteroatoms. The number of thiazole rings is 1. The molecule has 1 N–H and O–H groups in total. The largest absolute Gasteiger partial charge is 0.341 e. The van der Waals surface area contributed by atoms with Crippen molar-refractivity contribution in [3.8, 4) is 0 Å². The van der Waals surface area contributed by atoms with Gasteiger partial charge in [-0.2, -0.15) is 0 Å². The van der Waals surface area contributed by atoms with Gasteiger partial charge in [0.1, 0.15) is 0 Å². The number of carbonyl (C=O) groups is 1. The van der Waals surface area contributed by atoms with Crippen molar-refractivity contribution in [3.63, 3.8) is 0 Å². The summed E-state index contributed by atoms with van der Waals surface area (Å²) in [5, 5.41) is 4.52. The molecule has 4 nitrogen and oxygen atoms in total. The molecule has 0 aliphatic carbocycles. The lowest BCUT2D eigenvalue weighted by Gasteiger charge is -2.19. The first-order valence-electron chi connectivity index (χ1n) is 8.16. The summed E-state index contributed by atoms with van der Waals surface area (Å²) >= 11 is 1.77. The standard InChI is InChI=1S/C17H23N3OS.2ClH/c21-17(20-12-5-10-18-11-13-20)9-4-3-8-16-19-14-6-1-2-7-15(14)22-16;;/h1-2,6-7,18H,3-5,8-13H2;2*1H. The molecule has 1 saturated heterocycles. The van der Waals surface area contributed by atoms with Gasteiger partial charge >= 0.3 is 0 Å². The SMILES string of the molecule is Cl.Cl.O=C(CCCCc1nc2ccccc2s1)N1CCCNCC1. The fraction of sp³-hybridized carbons (Fsp3) is 0.529. The summed E-state index contributed by atoms with van der Waals surface area (Å²) in [6.07, 6.45) is 4.72. The van der Waals surface area contributed by atoms with E-state index >= 15 is 0 Å². The number of nitrogens with zero attached hydrogens (tertiary/aromatic N) is 2. The Morgan fingerprint density at radius 3 is 2.83 bits per heavy atom. The molecule has 0 atom stereocenters. The van der Waals surface area contributed by atoms with Crippen molar-refractivity contribution in [2.24, 2.45) is 0 Å². The van der Waals surface area contributed by atoms with E-state index in [-0.39, 0.29) is 24.8 Å². The average molecular weight is 390 g/mol. The predicted molar refractivity (Wildman–Crippen MR) is 106 cm³/mol. The molecule has 0 spiro atoms. The summed E-state index contributed by atoms with van der Waals surface area (Å²) in [5.74, 6) is 0.313. The molecule has 0 bridgehead atoms. The van der Waals surface area contributed by atoms with Crippen molar-refractivity contribution in [1.29, 1.82) is 0 Å². The number of hydrogen-bond acceptors (Lipinski definition) is 4. The lowest BCUT2D eigenvalue weighted by atomic mass is 10.2. The Morgan fingerprint density at radius 2 is 2.00 bits per heavy atom. The number of hydrogen-bond donors (Lipinski definition) is 1. The maximum absolute atomic E-state index is 12.2. The number of unbranched alkanes of at least 4 members (excludes halogenated alkanes) is 1. The predicted octanol–water partition coefficient (Wildman–Crippen LogP) is 3.67. The highest BCUT2D eigenvalue weighted by Gasteiger charge is 2.14. The van der Waals surface area contributed by atoms with Crippen LogP contribution in [0.2, 0.25) is 0 Å². The highest BCUT2D eigenvalue weighted by molar-refractivity contribution is 7.18. The number of halogens is 2. The van der Waals surface area contributed by atoms with Gasteiger partial charge < -0.3 is 10.2 Å². The fourth-order valence-corrected chi connectivity index (χ4v) is 3.84. The summed E-state index contributed by atoms with van der Waals surface area (Å²) in [4.78, 5) is 18.8. The topological polar surface area (TPSA) is 45.2 Å². The molecule has 24 heavy (non-hydrogen) atoms. The van der Waals surface area contributed by atoms with Gasteiger partial charge in [0.25, 0.3) is 0 Å². The number of carbonyl (C=O) groups excluding carboxylic acids is 1. The Labute approximate surface area is 159 Å². The monoisotopic (exact) mass is 389 g/mol. The third kappa shape index (κ3) is 5.88. The van der Waals surface area contributed by atoms with E-state index in [2.05, 4.69) is 28.5 Å².